The van der Waals surface area contributed by atoms with Crippen LogP contribution in [0, 0.1) is 0 Å². The Morgan fingerprint density at radius 3 is 2.48 bits per heavy atom. The summed E-state index contributed by atoms with van der Waals surface area (Å²) >= 11 is 0. The number of benzene rings is 3. The first-order chi connectivity index (χ1) is 16.1. The average molecular weight is 442 g/mol. The van der Waals surface area contributed by atoms with Crippen LogP contribution in [-0.2, 0) is 0 Å². The summed E-state index contributed by atoms with van der Waals surface area (Å²) in [4.78, 5) is 30.1. The third-order valence-corrected chi connectivity index (χ3v) is 6.39. The highest BCUT2D eigenvalue weighted by Gasteiger charge is 2.36. The van der Waals surface area contributed by atoms with Crippen molar-refractivity contribution in [3.05, 3.63) is 83.9 Å². The fourth-order valence-corrected chi connectivity index (χ4v) is 4.63. The first kappa shape index (κ1) is 21.1. The summed E-state index contributed by atoms with van der Waals surface area (Å²) in [6.45, 7) is 0.791. The fourth-order valence-electron chi connectivity index (χ4n) is 4.63. The second-order valence-corrected chi connectivity index (χ2v) is 8.56. The molecule has 0 saturated carbocycles. The summed E-state index contributed by atoms with van der Waals surface area (Å²) in [7, 11) is 2.02. The highest BCUT2D eigenvalue weighted by molar-refractivity contribution is 6.08. The van der Waals surface area contributed by atoms with Gasteiger partial charge >= 0.3 is 0 Å². The molecule has 3 aromatic carbocycles. The first-order valence-electron chi connectivity index (χ1n) is 11.4. The maximum absolute atomic E-state index is 13.1. The Hall–Kier alpha value is -3.80. The van der Waals surface area contributed by atoms with Crippen LogP contribution in [0.3, 0.4) is 0 Å². The molecule has 0 radical (unpaired) electrons. The largest absolute Gasteiger partial charge is 0.457 e. The van der Waals surface area contributed by atoms with E-state index in [1.807, 2.05) is 72.6 Å². The van der Waals surface area contributed by atoms with E-state index in [0.717, 1.165) is 43.7 Å². The normalized spacial score (nSPS) is 17.6. The molecule has 5 rings (SSSR count). The number of rotatable bonds is 4. The van der Waals surface area contributed by atoms with Crippen LogP contribution in [0.5, 0.6) is 11.5 Å². The zero-order chi connectivity index (χ0) is 22.8. The van der Waals surface area contributed by atoms with E-state index in [4.69, 9.17) is 4.74 Å². The predicted octanol–water partition coefficient (Wildman–Crippen LogP) is 5.52. The van der Waals surface area contributed by atoms with E-state index >= 15 is 0 Å². The molecular weight excluding hydrogens is 414 g/mol. The lowest BCUT2D eigenvalue weighted by Crippen LogP contribution is -2.53. The predicted molar refractivity (Wildman–Crippen MR) is 129 cm³/mol. The number of nitrogens with one attached hydrogen (secondary N) is 1. The second-order valence-electron chi connectivity index (χ2n) is 8.56. The number of nitrogens with zero attached hydrogens (tertiary/aromatic N) is 2. The number of anilines is 2. The summed E-state index contributed by atoms with van der Waals surface area (Å²) in [5.41, 5.74) is 2.69. The van der Waals surface area contributed by atoms with Crippen LogP contribution >= 0.6 is 0 Å². The smallest absolute Gasteiger partial charge is 0.257 e. The molecule has 3 aromatic rings. The van der Waals surface area contributed by atoms with E-state index in [1.165, 1.54) is 0 Å². The van der Waals surface area contributed by atoms with Crippen molar-refractivity contribution in [2.75, 3.05) is 23.8 Å². The summed E-state index contributed by atoms with van der Waals surface area (Å²) in [5, 5.41) is 2.94. The number of fused-ring (bicyclic) bond motifs is 2. The highest BCUT2D eigenvalue weighted by Crippen LogP contribution is 2.34. The zero-order valence-electron chi connectivity index (χ0n) is 18.7. The molecule has 2 aliphatic heterocycles. The van der Waals surface area contributed by atoms with Gasteiger partial charge in [0.25, 0.3) is 11.8 Å². The van der Waals surface area contributed by atoms with Crippen molar-refractivity contribution in [3.8, 4) is 11.5 Å². The Balaban J connectivity index is 1.31. The van der Waals surface area contributed by atoms with Gasteiger partial charge in [0.05, 0.1) is 11.3 Å². The van der Waals surface area contributed by atoms with Gasteiger partial charge in [0, 0.05) is 24.8 Å². The van der Waals surface area contributed by atoms with Gasteiger partial charge in [-0.05, 0) is 73.9 Å². The molecule has 1 fully saturated rings. The number of hydrogen-bond acceptors (Lipinski definition) is 4. The Kier molecular flexibility index (Phi) is 5.73. The van der Waals surface area contributed by atoms with Gasteiger partial charge in [-0.25, -0.2) is 0 Å². The number of carbonyl (C=O) groups excluding carboxylic acids is 2. The van der Waals surface area contributed by atoms with Crippen molar-refractivity contribution in [2.45, 2.75) is 31.8 Å². The number of para-hydroxylation sites is 1. The Morgan fingerprint density at radius 1 is 0.939 bits per heavy atom. The van der Waals surface area contributed by atoms with Gasteiger partial charge in [0.2, 0.25) is 0 Å². The van der Waals surface area contributed by atoms with E-state index in [2.05, 4.69) is 10.2 Å². The lowest BCUT2D eigenvalue weighted by Gasteiger charge is -2.43. The van der Waals surface area contributed by atoms with Crippen LogP contribution < -0.4 is 15.0 Å². The third-order valence-electron chi connectivity index (χ3n) is 6.39. The molecule has 6 nitrogen and oxygen atoms in total. The molecule has 1 N–H and O–H groups in total. The van der Waals surface area contributed by atoms with E-state index in [0.29, 0.717) is 22.6 Å². The molecule has 0 spiro atoms. The minimum absolute atomic E-state index is 0.0583. The van der Waals surface area contributed by atoms with Gasteiger partial charge < -0.3 is 19.9 Å². The third kappa shape index (κ3) is 4.29. The SMILES string of the molecule is CN1c2cc(C(=O)Nc3ccc(Oc4ccccc4)cc3)ccc2C(=O)N2CCCCC[C@@H]21. The maximum atomic E-state index is 13.1. The van der Waals surface area contributed by atoms with Crippen LogP contribution in [0.4, 0.5) is 11.4 Å². The molecule has 0 aliphatic carbocycles. The van der Waals surface area contributed by atoms with Crippen LogP contribution in [0.15, 0.2) is 72.8 Å². The first-order valence-corrected chi connectivity index (χ1v) is 11.4. The van der Waals surface area contributed by atoms with Gasteiger partial charge in [-0.1, -0.05) is 24.6 Å². The summed E-state index contributed by atoms with van der Waals surface area (Å²) in [6.07, 6.45) is 4.31. The van der Waals surface area contributed by atoms with E-state index in [9.17, 15) is 9.59 Å². The van der Waals surface area contributed by atoms with Crippen LogP contribution in [0.2, 0.25) is 0 Å². The van der Waals surface area contributed by atoms with Crippen molar-refractivity contribution >= 4 is 23.2 Å². The van der Waals surface area contributed by atoms with Crippen molar-refractivity contribution < 1.29 is 14.3 Å². The van der Waals surface area contributed by atoms with Crippen LogP contribution in [-0.4, -0.2) is 36.5 Å². The Labute approximate surface area is 193 Å². The van der Waals surface area contributed by atoms with E-state index < -0.39 is 0 Å². The van der Waals surface area contributed by atoms with Gasteiger partial charge in [0.15, 0.2) is 0 Å². The molecule has 1 atom stereocenters. The second kappa shape index (κ2) is 8.98. The summed E-state index contributed by atoms with van der Waals surface area (Å²) in [6, 6.07) is 22.2. The molecule has 33 heavy (non-hydrogen) atoms. The number of hydrogen-bond donors (Lipinski definition) is 1. The van der Waals surface area contributed by atoms with Crippen molar-refractivity contribution in [1.82, 2.24) is 4.90 Å². The van der Waals surface area contributed by atoms with Crippen molar-refractivity contribution in [2.24, 2.45) is 0 Å². The monoisotopic (exact) mass is 441 g/mol. The molecule has 2 aliphatic rings. The number of ether oxygens (including phenoxy) is 1. The molecule has 0 bridgehead atoms. The lowest BCUT2D eigenvalue weighted by atomic mass is 10.0. The van der Waals surface area contributed by atoms with E-state index in [-0.39, 0.29) is 18.0 Å². The summed E-state index contributed by atoms with van der Waals surface area (Å²) < 4.78 is 5.81. The Morgan fingerprint density at radius 2 is 1.70 bits per heavy atom. The number of carbonyl (C=O) groups is 2. The molecule has 2 heterocycles. The minimum Gasteiger partial charge on any atom is -0.457 e. The quantitative estimate of drug-likeness (QED) is 0.579. The Bertz CT molecular complexity index is 1160. The molecule has 0 unspecified atom stereocenters. The van der Waals surface area contributed by atoms with Gasteiger partial charge in [-0.3, -0.25) is 9.59 Å². The molecular formula is C27H27N3O3. The fraction of sp³-hybridized carbons (Fsp3) is 0.259. The highest BCUT2D eigenvalue weighted by atomic mass is 16.5. The van der Waals surface area contributed by atoms with Crippen molar-refractivity contribution in [3.63, 3.8) is 0 Å². The van der Waals surface area contributed by atoms with Gasteiger partial charge in [-0.15, -0.1) is 0 Å². The average Bonchev–Trinajstić information content (AvgIpc) is 3.11. The molecule has 168 valence electrons. The zero-order valence-corrected chi connectivity index (χ0v) is 18.7. The van der Waals surface area contributed by atoms with Gasteiger partial charge in [0.1, 0.15) is 17.7 Å². The maximum Gasteiger partial charge on any atom is 0.257 e. The van der Waals surface area contributed by atoms with Crippen molar-refractivity contribution in [1.29, 1.82) is 0 Å². The van der Waals surface area contributed by atoms with E-state index in [1.54, 1.807) is 12.1 Å². The standard InChI is InChI=1S/C27H27N3O3/c1-29-24-18-19(11-16-23(24)27(32)30-17-7-3-6-10-25(29)30)26(31)28-20-12-14-22(15-13-20)33-21-8-4-2-5-9-21/h2,4-5,8-9,11-16,18,25H,3,6-7,10,17H2,1H3,(H,28,31)/t25-/m1/s1. The molecule has 6 heteroatoms. The minimum atomic E-state index is -0.210. The van der Waals surface area contributed by atoms with Crippen LogP contribution in [0.1, 0.15) is 46.4 Å². The molecule has 1 saturated heterocycles. The van der Waals surface area contributed by atoms with Crippen LogP contribution in [0.25, 0.3) is 0 Å². The lowest BCUT2D eigenvalue weighted by molar-refractivity contribution is 0.0661. The molecule has 0 aromatic heterocycles. The summed E-state index contributed by atoms with van der Waals surface area (Å²) in [5.74, 6) is 1.31. The topological polar surface area (TPSA) is 61.9 Å². The number of amides is 2. The molecule has 2 amide bonds. The van der Waals surface area contributed by atoms with Gasteiger partial charge in [-0.2, -0.15) is 0 Å².